The summed E-state index contributed by atoms with van der Waals surface area (Å²) in [6, 6.07) is 11.6. The molecular weight excluding hydrogens is 340 g/mol. The molecule has 0 N–H and O–H groups in total. The fraction of sp³-hybridized carbons (Fsp3) is 0.158. The molecule has 0 aliphatic rings. The lowest BCUT2D eigenvalue weighted by Crippen LogP contribution is -2.12. The second-order valence-corrected chi connectivity index (χ2v) is 7.09. The largest absolute Gasteiger partial charge is 0.319 e. The van der Waals surface area contributed by atoms with Crippen LogP contribution in [0.4, 0.5) is 0 Å². The van der Waals surface area contributed by atoms with Gasteiger partial charge in [0.05, 0.1) is 10.2 Å². The van der Waals surface area contributed by atoms with E-state index in [1.165, 1.54) is 28.5 Å². The lowest BCUT2D eigenvalue weighted by molar-refractivity contribution is -0.113. The van der Waals surface area contributed by atoms with Gasteiger partial charge in [0.15, 0.2) is 4.80 Å². The quantitative estimate of drug-likeness (QED) is 0.615. The smallest absolute Gasteiger partial charge is 0.272 e. The van der Waals surface area contributed by atoms with Crippen molar-refractivity contribution in [2.45, 2.75) is 13.8 Å². The number of nitrogens with zero attached hydrogens (tertiary/aromatic N) is 2. The zero-order valence-electron chi connectivity index (χ0n) is 13.7. The molecule has 1 aromatic heterocycles. The Morgan fingerprint density at radius 1 is 1.25 bits per heavy atom. The van der Waals surface area contributed by atoms with E-state index in [4.69, 9.17) is 11.6 Å². The molecule has 3 nitrogen and oxygen atoms in total. The van der Waals surface area contributed by atoms with Gasteiger partial charge in [-0.05, 0) is 48.7 Å². The van der Waals surface area contributed by atoms with Crippen molar-refractivity contribution >= 4 is 45.1 Å². The highest BCUT2D eigenvalue weighted by atomic mass is 35.5. The van der Waals surface area contributed by atoms with E-state index >= 15 is 0 Å². The molecule has 0 aliphatic carbocycles. The van der Waals surface area contributed by atoms with Crippen LogP contribution in [0.2, 0.25) is 5.02 Å². The first kappa shape index (κ1) is 16.7. The predicted molar refractivity (Wildman–Crippen MR) is 101 cm³/mol. The number of benzene rings is 2. The predicted octanol–water partition coefficient (Wildman–Crippen LogP) is 4.65. The molecule has 0 aliphatic heterocycles. The Balaban J connectivity index is 1.98. The molecule has 0 saturated heterocycles. The summed E-state index contributed by atoms with van der Waals surface area (Å²) in [4.78, 5) is 17.1. The van der Waals surface area contributed by atoms with Gasteiger partial charge < -0.3 is 4.57 Å². The van der Waals surface area contributed by atoms with Gasteiger partial charge in [-0.15, -0.1) is 0 Å². The third-order valence-electron chi connectivity index (χ3n) is 3.75. The number of hydrogen-bond acceptors (Lipinski definition) is 2. The molecule has 1 heterocycles. The number of aromatic nitrogens is 1. The number of fused-ring (bicyclic) bond motifs is 1. The van der Waals surface area contributed by atoms with Crippen LogP contribution in [0.15, 0.2) is 47.5 Å². The number of amides is 1. The zero-order chi connectivity index (χ0) is 17.3. The van der Waals surface area contributed by atoms with Crippen molar-refractivity contribution in [1.82, 2.24) is 4.57 Å². The third kappa shape index (κ3) is 3.35. The third-order valence-corrected chi connectivity index (χ3v) is 5.17. The molecule has 3 aromatic rings. The van der Waals surface area contributed by atoms with Crippen LogP contribution in [-0.4, -0.2) is 10.5 Å². The fourth-order valence-electron chi connectivity index (χ4n) is 2.69. The van der Waals surface area contributed by atoms with Crippen LogP contribution in [-0.2, 0) is 11.8 Å². The van der Waals surface area contributed by atoms with Crippen molar-refractivity contribution < 1.29 is 4.79 Å². The van der Waals surface area contributed by atoms with Crippen LogP contribution in [0.5, 0.6) is 0 Å². The average Bonchev–Trinajstić information content (AvgIpc) is 2.82. The number of thiazole rings is 1. The van der Waals surface area contributed by atoms with Crippen molar-refractivity contribution in [3.8, 4) is 0 Å². The molecule has 0 fully saturated rings. The Morgan fingerprint density at radius 3 is 2.75 bits per heavy atom. The van der Waals surface area contributed by atoms with Gasteiger partial charge in [0, 0.05) is 18.1 Å². The van der Waals surface area contributed by atoms with E-state index in [0.717, 1.165) is 15.8 Å². The summed E-state index contributed by atoms with van der Waals surface area (Å²) in [7, 11) is 1.94. The highest BCUT2D eigenvalue weighted by Gasteiger charge is 2.07. The van der Waals surface area contributed by atoms with Crippen molar-refractivity contribution in [3.05, 3.63) is 69.0 Å². The minimum Gasteiger partial charge on any atom is -0.319 e. The van der Waals surface area contributed by atoms with Gasteiger partial charge in [-0.3, -0.25) is 4.79 Å². The number of halogens is 1. The summed E-state index contributed by atoms with van der Waals surface area (Å²) in [5.74, 6) is -0.300. The highest BCUT2D eigenvalue weighted by Crippen LogP contribution is 2.22. The highest BCUT2D eigenvalue weighted by molar-refractivity contribution is 7.16. The molecule has 0 bridgehead atoms. The van der Waals surface area contributed by atoms with Crippen molar-refractivity contribution in [2.24, 2.45) is 12.0 Å². The van der Waals surface area contributed by atoms with Crippen LogP contribution >= 0.6 is 22.9 Å². The molecule has 5 heteroatoms. The van der Waals surface area contributed by atoms with E-state index in [2.05, 4.69) is 31.0 Å². The lowest BCUT2D eigenvalue weighted by atomic mass is 10.1. The first-order valence-corrected chi connectivity index (χ1v) is 8.73. The molecule has 0 atom stereocenters. The molecule has 3 rings (SSSR count). The first-order chi connectivity index (χ1) is 11.5. The number of carbonyl (C=O) groups excluding carboxylic acids is 1. The molecule has 0 spiro atoms. The molecule has 2 aromatic carbocycles. The second kappa shape index (κ2) is 6.75. The monoisotopic (exact) mass is 356 g/mol. The van der Waals surface area contributed by atoms with Crippen molar-refractivity contribution in [2.75, 3.05) is 0 Å². The number of aryl methyl sites for hydroxylation is 3. The van der Waals surface area contributed by atoms with Crippen molar-refractivity contribution in [3.63, 3.8) is 0 Å². The fourth-order valence-corrected chi connectivity index (χ4v) is 4.09. The number of hydrogen-bond donors (Lipinski definition) is 0. The van der Waals surface area contributed by atoms with Crippen molar-refractivity contribution in [1.29, 1.82) is 0 Å². The Bertz CT molecular complexity index is 1030. The lowest BCUT2D eigenvalue weighted by Gasteiger charge is -2.01. The molecule has 1 amide bonds. The van der Waals surface area contributed by atoms with Gasteiger partial charge in [-0.1, -0.05) is 47.2 Å². The SMILES string of the molecule is Cc1cc(C)c2c(c1)sc(=NC(=O)C=Cc1ccccc1Cl)n2C. The van der Waals surface area contributed by atoms with Crippen LogP contribution in [0, 0.1) is 13.8 Å². The van der Waals surface area contributed by atoms with E-state index in [-0.39, 0.29) is 5.91 Å². The minimum absolute atomic E-state index is 0.300. The van der Waals surface area contributed by atoms with E-state index in [0.29, 0.717) is 9.82 Å². The van der Waals surface area contributed by atoms with Gasteiger partial charge >= 0.3 is 0 Å². The molecular formula is C19H17ClN2OS. The van der Waals surface area contributed by atoms with E-state index < -0.39 is 0 Å². The summed E-state index contributed by atoms with van der Waals surface area (Å²) in [5, 5.41) is 0.611. The maximum Gasteiger partial charge on any atom is 0.272 e. The first-order valence-electron chi connectivity index (χ1n) is 7.54. The summed E-state index contributed by atoms with van der Waals surface area (Å²) in [6.45, 7) is 4.14. The Kier molecular flexibility index (Phi) is 4.69. The average molecular weight is 357 g/mol. The van der Waals surface area contributed by atoms with Gasteiger partial charge in [0.2, 0.25) is 0 Å². The number of carbonyl (C=O) groups is 1. The Labute approximate surface area is 149 Å². The summed E-state index contributed by atoms with van der Waals surface area (Å²) < 4.78 is 3.10. The molecule has 0 unspecified atom stereocenters. The van der Waals surface area contributed by atoms with E-state index in [1.807, 2.05) is 29.8 Å². The van der Waals surface area contributed by atoms with Gasteiger partial charge in [0.1, 0.15) is 0 Å². The maximum absolute atomic E-state index is 12.2. The van der Waals surface area contributed by atoms with Crippen LogP contribution in [0.1, 0.15) is 16.7 Å². The van der Waals surface area contributed by atoms with Crippen LogP contribution in [0.25, 0.3) is 16.3 Å². The van der Waals surface area contributed by atoms with Gasteiger partial charge in [-0.25, -0.2) is 0 Å². The Morgan fingerprint density at radius 2 is 2.00 bits per heavy atom. The van der Waals surface area contributed by atoms with Crippen LogP contribution in [0.3, 0.4) is 0 Å². The van der Waals surface area contributed by atoms with Gasteiger partial charge in [0.25, 0.3) is 5.91 Å². The summed E-state index contributed by atoms with van der Waals surface area (Å²) >= 11 is 7.60. The molecule has 24 heavy (non-hydrogen) atoms. The molecule has 0 saturated carbocycles. The topological polar surface area (TPSA) is 34.4 Å². The van der Waals surface area contributed by atoms with Gasteiger partial charge in [-0.2, -0.15) is 4.99 Å². The minimum atomic E-state index is -0.300. The maximum atomic E-state index is 12.2. The summed E-state index contributed by atoms with van der Waals surface area (Å²) in [6.07, 6.45) is 3.14. The summed E-state index contributed by atoms with van der Waals surface area (Å²) in [5.41, 5.74) is 4.31. The standard InChI is InChI=1S/C19H17ClN2OS/c1-12-10-13(2)18-16(11-12)24-19(22(18)3)21-17(23)9-8-14-6-4-5-7-15(14)20/h4-11H,1-3H3. The van der Waals surface area contributed by atoms with E-state index in [1.54, 1.807) is 12.1 Å². The molecule has 0 radical (unpaired) electrons. The van der Waals surface area contributed by atoms with Crippen LogP contribution < -0.4 is 4.80 Å². The Hall–Kier alpha value is -2.17. The second-order valence-electron chi connectivity index (χ2n) is 5.68. The van der Waals surface area contributed by atoms with E-state index in [9.17, 15) is 4.79 Å². The zero-order valence-corrected chi connectivity index (χ0v) is 15.3. The number of rotatable bonds is 2. The molecule has 122 valence electrons. The normalized spacial score (nSPS) is 12.4.